The van der Waals surface area contributed by atoms with Gasteiger partial charge in [-0.3, -0.25) is 9.13 Å². The summed E-state index contributed by atoms with van der Waals surface area (Å²) in [6, 6.07) is 27.3. The first-order valence-electron chi connectivity index (χ1n) is 18.3. The minimum absolute atomic E-state index is 0.234. The summed E-state index contributed by atoms with van der Waals surface area (Å²) in [5, 5.41) is 0.489. The highest BCUT2D eigenvalue weighted by molar-refractivity contribution is 7.98. The van der Waals surface area contributed by atoms with Crippen LogP contribution in [0.2, 0.25) is 0 Å². The molecule has 0 spiro atoms. The number of thioether (sulfide) groups is 1. The number of rotatable bonds is 6. The van der Waals surface area contributed by atoms with Gasteiger partial charge >= 0.3 is 0 Å². The molecule has 0 fully saturated rings. The summed E-state index contributed by atoms with van der Waals surface area (Å²) in [4.78, 5) is 26.9. The number of imidazole rings is 2. The third-order valence-electron chi connectivity index (χ3n) is 9.43. The van der Waals surface area contributed by atoms with E-state index >= 15 is 0 Å². The number of fused-ring (bicyclic) bond motifs is 4. The number of aromatic nitrogens is 8. The lowest BCUT2D eigenvalue weighted by Crippen LogP contribution is -2.15. The molecule has 0 aliphatic carbocycles. The van der Waals surface area contributed by atoms with Gasteiger partial charge in [0.05, 0.1) is 22.1 Å². The molecule has 6 heterocycles. The van der Waals surface area contributed by atoms with Crippen molar-refractivity contribution in [3.8, 4) is 57.4 Å². The van der Waals surface area contributed by atoms with Crippen molar-refractivity contribution in [2.24, 2.45) is 0 Å². The highest BCUT2D eigenvalue weighted by atomic mass is 32.2. The van der Waals surface area contributed by atoms with E-state index in [4.69, 9.17) is 33.9 Å². The van der Waals surface area contributed by atoms with Crippen LogP contribution < -0.4 is 18.9 Å². The number of sulfone groups is 1. The Bertz CT molecular complexity index is 2990. The van der Waals surface area contributed by atoms with E-state index in [1.54, 1.807) is 12.3 Å². The number of hydrogen-bond acceptors (Lipinski definition) is 13. The zero-order valence-electron chi connectivity index (χ0n) is 31.9. The van der Waals surface area contributed by atoms with Crippen molar-refractivity contribution in [3.63, 3.8) is 0 Å². The van der Waals surface area contributed by atoms with Gasteiger partial charge in [-0.1, -0.05) is 23.9 Å². The molecule has 0 N–H and O–H groups in total. The van der Waals surface area contributed by atoms with Crippen molar-refractivity contribution in [2.45, 2.75) is 24.2 Å². The number of ether oxygens (including phenoxy) is 4. The summed E-state index contributed by atoms with van der Waals surface area (Å²) in [6.07, 6.45) is 6.28. The Kier molecular flexibility index (Phi) is 9.65. The molecule has 2 aliphatic heterocycles. The van der Waals surface area contributed by atoms with E-state index in [1.165, 1.54) is 23.5 Å². The van der Waals surface area contributed by atoms with E-state index in [1.807, 2.05) is 84.5 Å². The first-order chi connectivity index (χ1) is 28.1. The van der Waals surface area contributed by atoms with Crippen LogP contribution in [0.15, 0.2) is 108 Å². The summed E-state index contributed by atoms with van der Waals surface area (Å²) in [5.74, 6) is 5.47. The molecule has 0 amide bonds. The second kappa shape index (κ2) is 15.1. The number of aryl methyl sites for hydroxylation is 2. The SMILES string of the molecule is CSc1nccc(-n2c(-c3ccc4c(c3)OCCO4)nc3ccc(C)cc32)n1.Cc1ccc2nc(-c3ccc4c(c3)OCCO4)n(-c3ccnc(S(C)(=O)=O)n3)c2c1. The Morgan fingerprint density at radius 1 is 0.569 bits per heavy atom. The summed E-state index contributed by atoms with van der Waals surface area (Å²) in [6.45, 7) is 6.18. The van der Waals surface area contributed by atoms with E-state index in [-0.39, 0.29) is 5.16 Å². The van der Waals surface area contributed by atoms with Crippen LogP contribution in [-0.2, 0) is 9.84 Å². The second-order valence-corrected chi connectivity index (χ2v) is 16.3. The van der Waals surface area contributed by atoms with Crippen molar-refractivity contribution in [3.05, 3.63) is 108 Å². The third kappa shape index (κ3) is 7.16. The van der Waals surface area contributed by atoms with Gasteiger partial charge in [-0.05, 0) is 104 Å². The average Bonchev–Trinajstić information content (AvgIpc) is 3.82. The molecule has 292 valence electrons. The van der Waals surface area contributed by atoms with Crippen molar-refractivity contribution >= 4 is 43.7 Å². The van der Waals surface area contributed by atoms with Gasteiger partial charge in [-0.25, -0.2) is 38.3 Å². The van der Waals surface area contributed by atoms with E-state index in [0.717, 1.165) is 73.3 Å². The number of nitrogens with zero attached hydrogens (tertiary/aromatic N) is 8. The molecule has 10 rings (SSSR count). The smallest absolute Gasteiger partial charge is 0.248 e. The first kappa shape index (κ1) is 37.1. The summed E-state index contributed by atoms with van der Waals surface area (Å²) < 4.78 is 50.7. The van der Waals surface area contributed by atoms with E-state index < -0.39 is 9.84 Å². The molecule has 8 aromatic rings. The van der Waals surface area contributed by atoms with Crippen LogP contribution in [-0.4, -0.2) is 86.4 Å². The molecule has 16 heteroatoms. The van der Waals surface area contributed by atoms with E-state index in [0.29, 0.717) is 49.6 Å². The highest BCUT2D eigenvalue weighted by Crippen LogP contribution is 2.38. The van der Waals surface area contributed by atoms with Gasteiger partial charge in [0.1, 0.15) is 49.7 Å². The molecule has 14 nitrogen and oxygen atoms in total. The monoisotopic (exact) mass is 812 g/mol. The topological polar surface area (TPSA) is 158 Å². The van der Waals surface area contributed by atoms with Crippen LogP contribution in [0.1, 0.15) is 11.1 Å². The molecule has 4 aromatic carbocycles. The Balaban J connectivity index is 0.000000151. The summed E-state index contributed by atoms with van der Waals surface area (Å²) in [5.41, 5.74) is 7.48. The van der Waals surface area contributed by atoms with Crippen molar-refractivity contribution in [1.82, 2.24) is 39.0 Å². The zero-order chi connectivity index (χ0) is 40.0. The fraction of sp³-hybridized carbons (Fsp3) is 0.190. The summed E-state index contributed by atoms with van der Waals surface area (Å²) in [7, 11) is -3.56. The lowest BCUT2D eigenvalue weighted by atomic mass is 10.2. The maximum Gasteiger partial charge on any atom is 0.248 e. The van der Waals surface area contributed by atoms with Gasteiger partial charge in [-0.2, -0.15) is 0 Å². The Morgan fingerprint density at radius 2 is 1.05 bits per heavy atom. The molecule has 0 saturated carbocycles. The average molecular weight is 813 g/mol. The van der Waals surface area contributed by atoms with Gasteiger partial charge in [0.25, 0.3) is 0 Å². The highest BCUT2D eigenvalue weighted by Gasteiger charge is 2.22. The number of hydrogen-bond donors (Lipinski definition) is 0. The molecule has 4 aromatic heterocycles. The molecule has 2 aliphatic rings. The van der Waals surface area contributed by atoms with E-state index in [2.05, 4.69) is 38.6 Å². The van der Waals surface area contributed by atoms with Crippen molar-refractivity contribution in [1.29, 1.82) is 0 Å². The summed E-state index contributed by atoms with van der Waals surface area (Å²) >= 11 is 1.52. The minimum Gasteiger partial charge on any atom is -0.486 e. The molecule has 0 atom stereocenters. The van der Waals surface area contributed by atoms with Crippen molar-refractivity contribution < 1.29 is 27.4 Å². The molecular weight excluding hydrogens is 777 g/mol. The molecule has 58 heavy (non-hydrogen) atoms. The lowest BCUT2D eigenvalue weighted by Gasteiger charge is -2.19. The fourth-order valence-corrected chi connectivity index (χ4v) is 7.64. The van der Waals surface area contributed by atoms with Crippen LogP contribution >= 0.6 is 11.8 Å². The fourth-order valence-electron chi connectivity index (χ4n) is 6.78. The Morgan fingerprint density at radius 3 is 1.55 bits per heavy atom. The molecular formula is C42H36N8O6S2. The maximum atomic E-state index is 12.0. The second-order valence-electron chi connectivity index (χ2n) is 13.6. The lowest BCUT2D eigenvalue weighted by molar-refractivity contribution is 0.171. The zero-order valence-corrected chi connectivity index (χ0v) is 33.5. The van der Waals surface area contributed by atoms with Crippen LogP contribution in [0.3, 0.4) is 0 Å². The number of benzene rings is 4. The normalized spacial score (nSPS) is 13.3. The Hall–Kier alpha value is -6.52. The van der Waals surface area contributed by atoms with Crippen LogP contribution in [0.25, 0.3) is 56.5 Å². The molecule has 0 bridgehead atoms. The predicted molar refractivity (Wildman–Crippen MR) is 221 cm³/mol. The van der Waals surface area contributed by atoms with Crippen LogP contribution in [0.4, 0.5) is 0 Å². The third-order valence-corrected chi connectivity index (χ3v) is 10.9. The van der Waals surface area contributed by atoms with Gasteiger partial charge in [0, 0.05) is 29.8 Å². The standard InChI is InChI=1S/C21H18N4O4S.C21H18N4O2S/c1-13-3-5-15-16(11-13)25(19-7-8-22-21(24-19)30(2,26)27)20(23-15)14-4-6-17-18(12-14)29-10-9-28-17;1-13-3-5-15-16(11-13)25(19-7-8-22-21(24-19)28-2)20(23-15)14-4-6-17-18(12-14)27-10-9-26-17/h3-8,11-12H,9-10H2,1-2H3;3-8,11-12H,9-10H2,1-2H3. The molecule has 0 saturated heterocycles. The minimum atomic E-state index is -3.56. The quantitative estimate of drug-likeness (QED) is 0.122. The van der Waals surface area contributed by atoms with Gasteiger partial charge in [-0.15, -0.1) is 0 Å². The van der Waals surface area contributed by atoms with Gasteiger partial charge in [0.2, 0.25) is 15.0 Å². The maximum absolute atomic E-state index is 12.0. The van der Waals surface area contributed by atoms with Crippen LogP contribution in [0, 0.1) is 13.8 Å². The van der Waals surface area contributed by atoms with Crippen LogP contribution in [0.5, 0.6) is 23.0 Å². The molecule has 0 unspecified atom stereocenters. The predicted octanol–water partition coefficient (Wildman–Crippen LogP) is 7.25. The largest absolute Gasteiger partial charge is 0.486 e. The van der Waals surface area contributed by atoms with Gasteiger partial charge < -0.3 is 18.9 Å². The van der Waals surface area contributed by atoms with E-state index in [9.17, 15) is 8.42 Å². The van der Waals surface area contributed by atoms with Gasteiger partial charge in [0.15, 0.2) is 28.2 Å². The first-order valence-corrected chi connectivity index (χ1v) is 21.4. The molecule has 0 radical (unpaired) electrons. The van der Waals surface area contributed by atoms with Crippen molar-refractivity contribution in [2.75, 3.05) is 38.9 Å². The Labute approximate surface area is 337 Å².